The minimum Gasteiger partial charge on any atom is -0.307 e. The highest BCUT2D eigenvalue weighted by molar-refractivity contribution is 6.14. The molecule has 3 aromatic heterocycles. The molecule has 330 valence electrons. The summed E-state index contributed by atoms with van der Waals surface area (Å²) in [5.74, 6) is 0. The van der Waals surface area contributed by atoms with Crippen molar-refractivity contribution in [2.75, 3.05) is 0 Å². The fraction of sp³-hybridized carbons (Fsp3) is 0. The van der Waals surface area contributed by atoms with Gasteiger partial charge in [0.25, 0.3) is 0 Å². The molecule has 0 radical (unpaired) electrons. The van der Waals surface area contributed by atoms with Crippen LogP contribution in [0.15, 0.2) is 207 Å². The summed E-state index contributed by atoms with van der Waals surface area (Å²) in [4.78, 5) is 4.33. The van der Waals surface area contributed by atoms with Gasteiger partial charge in [0.1, 0.15) is 0 Å². The van der Waals surface area contributed by atoms with Gasteiger partial charge in [0.15, 0.2) is 0 Å². The molecule has 0 aliphatic carbocycles. The molecule has 0 bridgehead atoms. The topological polar surface area (TPSA) is 142 Å². The molecule has 8 nitrogen and oxygen atoms in total. The second-order valence-corrected chi connectivity index (χ2v) is 17.6. The molecular weight excluding hydrogens is 881 g/mol. The number of nitriles is 5. The minimum atomic E-state index is 0.471. The molecule has 0 aliphatic rings. The number of benzene rings is 9. The Morgan fingerprint density at radius 1 is 0.278 bits per heavy atom. The predicted octanol–water partition coefficient (Wildman–Crippen LogP) is 15.0. The molecule has 0 fully saturated rings. The Morgan fingerprint density at radius 2 is 0.569 bits per heavy atom. The highest BCUT2D eigenvalue weighted by Gasteiger charge is 2.24. The van der Waals surface area contributed by atoms with Crippen molar-refractivity contribution in [3.63, 3.8) is 0 Å². The van der Waals surface area contributed by atoms with E-state index in [0.717, 1.165) is 111 Å². The van der Waals surface area contributed by atoms with Gasteiger partial charge in [-0.3, -0.25) is 4.98 Å². The molecule has 72 heavy (non-hydrogen) atoms. The van der Waals surface area contributed by atoms with Crippen molar-refractivity contribution >= 4 is 43.6 Å². The third kappa shape index (κ3) is 7.17. The van der Waals surface area contributed by atoms with Gasteiger partial charge in [-0.1, -0.05) is 97.1 Å². The Hall–Kier alpha value is -10.8. The number of rotatable bonds is 7. The van der Waals surface area contributed by atoms with Gasteiger partial charge in [-0.05, 0) is 147 Å². The molecule has 0 aliphatic heterocycles. The predicted molar refractivity (Wildman–Crippen MR) is 284 cm³/mol. The van der Waals surface area contributed by atoms with Crippen LogP contribution in [-0.4, -0.2) is 14.1 Å². The van der Waals surface area contributed by atoms with E-state index in [1.54, 1.807) is 12.4 Å². The maximum atomic E-state index is 11.2. The van der Waals surface area contributed by atoms with Crippen LogP contribution in [-0.2, 0) is 0 Å². The van der Waals surface area contributed by atoms with E-state index in [1.807, 2.05) is 115 Å². The van der Waals surface area contributed by atoms with E-state index in [-0.39, 0.29) is 0 Å². The van der Waals surface area contributed by atoms with Crippen molar-refractivity contribution in [1.82, 2.24) is 14.1 Å². The first kappa shape index (κ1) is 42.5. The Labute approximate surface area is 413 Å². The van der Waals surface area contributed by atoms with E-state index >= 15 is 0 Å². The Morgan fingerprint density at radius 3 is 0.861 bits per heavy atom. The smallest absolute Gasteiger partial charge is 0.0998 e. The standard InChI is InChI=1S/C64H34N8/c65-35-40-1-9-44(10-2-40)49-17-21-54-55-22-18-50(45-11-3-41(36-66)4-12-45)30-60(55)71(59(54)29-49)63-33-53(39-69)58(48-25-27-70-28-26-48)34-64(63)72-61-31-51(46-13-5-42(37-67)6-14-46)19-23-56(61)57-24-20-52(32-62(57)72)47-15-7-43(38-68)8-16-47/h1-34H. The van der Waals surface area contributed by atoms with Gasteiger partial charge in [-0.2, -0.15) is 26.3 Å². The number of nitrogens with zero attached hydrogens (tertiary/aromatic N) is 8. The summed E-state index contributed by atoms with van der Waals surface area (Å²) in [6, 6.07) is 75.7. The lowest BCUT2D eigenvalue weighted by molar-refractivity contribution is 1.09. The zero-order chi connectivity index (χ0) is 48.9. The molecule has 9 aromatic carbocycles. The van der Waals surface area contributed by atoms with Gasteiger partial charge >= 0.3 is 0 Å². The van der Waals surface area contributed by atoms with Crippen molar-refractivity contribution in [3.05, 3.63) is 234 Å². The van der Waals surface area contributed by atoms with Gasteiger partial charge in [-0.15, -0.1) is 0 Å². The monoisotopic (exact) mass is 914 g/mol. The van der Waals surface area contributed by atoms with Gasteiger partial charge in [0.2, 0.25) is 0 Å². The van der Waals surface area contributed by atoms with E-state index in [0.29, 0.717) is 27.8 Å². The van der Waals surface area contributed by atoms with Crippen molar-refractivity contribution in [2.24, 2.45) is 0 Å². The van der Waals surface area contributed by atoms with E-state index in [2.05, 4.69) is 123 Å². The average Bonchev–Trinajstić information content (AvgIpc) is 3.96. The van der Waals surface area contributed by atoms with Gasteiger partial charge in [-0.25, -0.2) is 0 Å². The highest BCUT2D eigenvalue weighted by atomic mass is 15.1. The summed E-state index contributed by atoms with van der Waals surface area (Å²) in [5, 5.41) is 53.9. The molecule has 0 atom stereocenters. The maximum absolute atomic E-state index is 11.2. The summed E-state index contributed by atoms with van der Waals surface area (Å²) in [7, 11) is 0. The molecule has 0 N–H and O–H groups in total. The maximum Gasteiger partial charge on any atom is 0.0998 e. The number of fused-ring (bicyclic) bond motifs is 6. The first-order valence-electron chi connectivity index (χ1n) is 23.1. The Bertz CT molecular complexity index is 4160. The average molecular weight is 915 g/mol. The molecule has 12 rings (SSSR count). The number of pyridine rings is 1. The van der Waals surface area contributed by atoms with Crippen molar-refractivity contribution in [1.29, 1.82) is 26.3 Å². The number of hydrogen-bond donors (Lipinski definition) is 0. The van der Waals surface area contributed by atoms with Crippen LogP contribution < -0.4 is 0 Å². The number of hydrogen-bond acceptors (Lipinski definition) is 6. The third-order valence-electron chi connectivity index (χ3n) is 13.6. The largest absolute Gasteiger partial charge is 0.307 e. The molecule has 0 saturated carbocycles. The molecular formula is C64H34N8. The Kier molecular flexibility index (Phi) is 10.3. The summed E-state index contributed by atoms with van der Waals surface area (Å²) < 4.78 is 4.57. The van der Waals surface area contributed by atoms with E-state index in [9.17, 15) is 26.3 Å². The van der Waals surface area contributed by atoms with E-state index in [1.165, 1.54) is 0 Å². The van der Waals surface area contributed by atoms with Crippen LogP contribution in [0.4, 0.5) is 0 Å². The SMILES string of the molecule is N#Cc1ccc(-c2ccc3c4ccc(-c5ccc(C#N)cc5)cc4n(-c4cc(C#N)c(-c5ccncc5)cc4-n4c5cc(-c6ccc(C#N)cc6)ccc5c5ccc(-c6ccc(C#N)cc6)cc54)c3c2)cc1. The normalized spacial score (nSPS) is 11.0. The van der Waals surface area contributed by atoms with Crippen LogP contribution in [0.25, 0.3) is 111 Å². The molecule has 0 amide bonds. The lowest BCUT2D eigenvalue weighted by Gasteiger charge is -2.20. The quantitative estimate of drug-likeness (QED) is 0.156. The van der Waals surface area contributed by atoms with Crippen LogP contribution >= 0.6 is 0 Å². The molecule has 12 aromatic rings. The summed E-state index contributed by atoms with van der Waals surface area (Å²) in [6.45, 7) is 0. The van der Waals surface area contributed by atoms with E-state index < -0.39 is 0 Å². The second-order valence-electron chi connectivity index (χ2n) is 17.6. The zero-order valence-corrected chi connectivity index (χ0v) is 38.2. The van der Waals surface area contributed by atoms with Crippen molar-refractivity contribution < 1.29 is 0 Å². The summed E-state index contributed by atoms with van der Waals surface area (Å²) >= 11 is 0. The molecule has 3 heterocycles. The van der Waals surface area contributed by atoms with Gasteiger partial charge in [0, 0.05) is 39.5 Å². The Balaban J connectivity index is 1.23. The molecule has 0 saturated heterocycles. The van der Waals surface area contributed by atoms with Gasteiger partial charge < -0.3 is 9.13 Å². The van der Waals surface area contributed by atoms with Crippen LogP contribution in [0.1, 0.15) is 27.8 Å². The third-order valence-corrected chi connectivity index (χ3v) is 13.6. The minimum absolute atomic E-state index is 0.471. The zero-order valence-electron chi connectivity index (χ0n) is 38.2. The van der Waals surface area contributed by atoms with Crippen LogP contribution in [0.3, 0.4) is 0 Å². The first-order chi connectivity index (χ1) is 35.4. The highest BCUT2D eigenvalue weighted by Crippen LogP contribution is 2.44. The van der Waals surface area contributed by atoms with Crippen LogP contribution in [0, 0.1) is 56.7 Å². The lowest BCUT2D eigenvalue weighted by atomic mass is 9.98. The summed E-state index contributed by atoms with van der Waals surface area (Å²) in [5.41, 5.74) is 17.2. The van der Waals surface area contributed by atoms with Crippen LogP contribution in [0.2, 0.25) is 0 Å². The molecule has 0 unspecified atom stereocenters. The summed E-state index contributed by atoms with van der Waals surface area (Å²) in [6.07, 6.45) is 3.47. The van der Waals surface area contributed by atoms with E-state index in [4.69, 9.17) is 0 Å². The molecule has 0 spiro atoms. The van der Waals surface area contributed by atoms with Crippen LogP contribution in [0.5, 0.6) is 0 Å². The van der Waals surface area contributed by atoms with Crippen molar-refractivity contribution in [2.45, 2.75) is 0 Å². The first-order valence-corrected chi connectivity index (χ1v) is 23.1. The number of aromatic nitrogens is 3. The van der Waals surface area contributed by atoms with Gasteiger partial charge in [0.05, 0.1) is 91.6 Å². The lowest BCUT2D eigenvalue weighted by Crippen LogP contribution is -2.06. The molecule has 8 heteroatoms. The fourth-order valence-corrected chi connectivity index (χ4v) is 10.0. The second kappa shape index (κ2) is 17.4. The fourth-order valence-electron chi connectivity index (χ4n) is 10.0. The van der Waals surface area contributed by atoms with Crippen molar-refractivity contribution in [3.8, 4) is 97.4 Å².